The number of hydrogen-bond acceptors (Lipinski definition) is 4. The summed E-state index contributed by atoms with van der Waals surface area (Å²) in [6.07, 6.45) is 1.39. The lowest BCUT2D eigenvalue weighted by Gasteiger charge is -2.14. The molecule has 1 atom stereocenters. The Morgan fingerprint density at radius 3 is 2.57 bits per heavy atom. The number of ether oxygens (including phenoxy) is 2. The minimum atomic E-state index is 0.146. The molecule has 28 heavy (non-hydrogen) atoms. The van der Waals surface area contributed by atoms with Crippen LogP contribution in [-0.2, 0) is 11.3 Å². The minimum Gasteiger partial charge on any atom is -0.497 e. The Morgan fingerprint density at radius 2 is 1.86 bits per heavy atom. The van der Waals surface area contributed by atoms with Crippen molar-refractivity contribution >= 4 is 16.9 Å². The van der Waals surface area contributed by atoms with Gasteiger partial charge < -0.3 is 18.9 Å². The number of hydrogen-bond donors (Lipinski definition) is 0. The van der Waals surface area contributed by atoms with E-state index in [-0.39, 0.29) is 11.8 Å². The molecule has 0 bridgehead atoms. The quantitative estimate of drug-likeness (QED) is 0.590. The summed E-state index contributed by atoms with van der Waals surface area (Å²) >= 11 is 0. The summed E-state index contributed by atoms with van der Waals surface area (Å²) in [7, 11) is 3.51. The predicted octanol–water partition coefficient (Wildman–Crippen LogP) is 3.46. The highest BCUT2D eigenvalue weighted by Gasteiger charge is 2.31. The van der Waals surface area contributed by atoms with Gasteiger partial charge in [-0.15, -0.1) is 0 Å². The fraction of sp³-hybridized carbons (Fsp3) is 0.364. The zero-order valence-electron chi connectivity index (χ0n) is 16.3. The molecule has 6 heteroatoms. The Bertz CT molecular complexity index is 965. The van der Waals surface area contributed by atoms with Crippen molar-refractivity contribution in [2.24, 2.45) is 0 Å². The van der Waals surface area contributed by atoms with Gasteiger partial charge in [-0.1, -0.05) is 12.1 Å². The van der Waals surface area contributed by atoms with Gasteiger partial charge in [0.2, 0.25) is 5.91 Å². The third kappa shape index (κ3) is 3.67. The van der Waals surface area contributed by atoms with Gasteiger partial charge in [0.05, 0.1) is 24.8 Å². The van der Waals surface area contributed by atoms with E-state index in [1.54, 1.807) is 12.0 Å². The average molecular weight is 379 g/mol. The van der Waals surface area contributed by atoms with Crippen LogP contribution < -0.4 is 9.47 Å². The first kappa shape index (κ1) is 18.3. The van der Waals surface area contributed by atoms with Crippen molar-refractivity contribution in [3.05, 3.63) is 54.4 Å². The van der Waals surface area contributed by atoms with Gasteiger partial charge in [-0.25, -0.2) is 4.98 Å². The number of methoxy groups -OCH3 is 1. The van der Waals surface area contributed by atoms with Gasteiger partial charge in [0.15, 0.2) is 0 Å². The van der Waals surface area contributed by atoms with Crippen molar-refractivity contribution in [1.29, 1.82) is 0 Å². The Balaban J connectivity index is 1.46. The molecule has 0 aliphatic carbocycles. The van der Waals surface area contributed by atoms with E-state index in [2.05, 4.69) is 10.6 Å². The molecule has 1 amide bonds. The highest BCUT2D eigenvalue weighted by Crippen LogP contribution is 2.30. The molecule has 4 rings (SSSR count). The number of nitrogens with zero attached hydrogens (tertiary/aromatic N) is 3. The van der Waals surface area contributed by atoms with Gasteiger partial charge in [-0.05, 0) is 42.8 Å². The molecule has 0 radical (unpaired) electrons. The monoisotopic (exact) mass is 379 g/mol. The number of rotatable bonds is 7. The Hall–Kier alpha value is -3.02. The van der Waals surface area contributed by atoms with Crippen LogP contribution in [0, 0.1) is 0 Å². The number of aryl methyl sites for hydroxylation is 1. The summed E-state index contributed by atoms with van der Waals surface area (Å²) in [5, 5.41) is 0. The van der Waals surface area contributed by atoms with Crippen molar-refractivity contribution in [2.75, 3.05) is 27.3 Å². The van der Waals surface area contributed by atoms with E-state index in [0.717, 1.165) is 47.9 Å². The van der Waals surface area contributed by atoms with Crippen molar-refractivity contribution < 1.29 is 14.3 Å². The summed E-state index contributed by atoms with van der Waals surface area (Å²) in [5.41, 5.74) is 2.10. The molecule has 0 saturated carbocycles. The SMILES string of the molecule is COc1ccc(OCCCn2c(C3CC(=O)N(C)C3)nc3ccccc32)cc1. The fourth-order valence-electron chi connectivity index (χ4n) is 3.76. The van der Waals surface area contributed by atoms with E-state index in [1.165, 1.54) is 0 Å². The van der Waals surface area contributed by atoms with E-state index in [0.29, 0.717) is 13.0 Å². The maximum atomic E-state index is 12.0. The Kier molecular flexibility index (Phi) is 5.19. The van der Waals surface area contributed by atoms with Crippen LogP contribution in [0.2, 0.25) is 0 Å². The molecule has 3 aromatic rings. The molecular formula is C22H25N3O3. The third-order valence-corrected chi connectivity index (χ3v) is 5.24. The van der Waals surface area contributed by atoms with E-state index >= 15 is 0 Å². The fourth-order valence-corrected chi connectivity index (χ4v) is 3.76. The van der Waals surface area contributed by atoms with E-state index in [9.17, 15) is 4.79 Å². The number of fused-ring (bicyclic) bond motifs is 1. The third-order valence-electron chi connectivity index (χ3n) is 5.24. The number of para-hydroxylation sites is 2. The van der Waals surface area contributed by atoms with Crippen LogP contribution in [0.25, 0.3) is 11.0 Å². The normalized spacial score (nSPS) is 16.7. The topological polar surface area (TPSA) is 56.6 Å². The van der Waals surface area contributed by atoms with Crippen LogP contribution in [0.5, 0.6) is 11.5 Å². The number of carbonyl (C=O) groups is 1. The van der Waals surface area contributed by atoms with Crippen molar-refractivity contribution in [3.8, 4) is 11.5 Å². The molecule has 1 unspecified atom stereocenters. The second-order valence-corrected chi connectivity index (χ2v) is 7.16. The molecule has 0 N–H and O–H groups in total. The molecule has 1 aliphatic heterocycles. The number of amides is 1. The lowest BCUT2D eigenvalue weighted by atomic mass is 10.1. The van der Waals surface area contributed by atoms with Crippen LogP contribution in [0.4, 0.5) is 0 Å². The van der Waals surface area contributed by atoms with E-state index < -0.39 is 0 Å². The highest BCUT2D eigenvalue weighted by atomic mass is 16.5. The highest BCUT2D eigenvalue weighted by molar-refractivity contribution is 5.80. The summed E-state index contributed by atoms with van der Waals surface area (Å²) in [6.45, 7) is 2.15. The van der Waals surface area contributed by atoms with Crippen LogP contribution in [0.15, 0.2) is 48.5 Å². The first-order valence-electron chi connectivity index (χ1n) is 9.61. The molecule has 0 spiro atoms. The van der Waals surface area contributed by atoms with Crippen molar-refractivity contribution in [2.45, 2.75) is 25.3 Å². The van der Waals surface area contributed by atoms with Gasteiger partial charge in [0.25, 0.3) is 0 Å². The largest absolute Gasteiger partial charge is 0.497 e. The summed E-state index contributed by atoms with van der Waals surface area (Å²) < 4.78 is 13.3. The molecule has 1 aliphatic rings. The number of benzene rings is 2. The zero-order valence-corrected chi connectivity index (χ0v) is 16.3. The van der Waals surface area contributed by atoms with Gasteiger partial charge >= 0.3 is 0 Å². The van der Waals surface area contributed by atoms with Gasteiger partial charge in [-0.3, -0.25) is 4.79 Å². The molecule has 1 aromatic heterocycles. The molecule has 6 nitrogen and oxygen atoms in total. The maximum absolute atomic E-state index is 12.0. The molecule has 1 fully saturated rings. The molecule has 2 heterocycles. The summed E-state index contributed by atoms with van der Waals surface area (Å²) in [4.78, 5) is 18.6. The second-order valence-electron chi connectivity index (χ2n) is 7.16. The first-order chi connectivity index (χ1) is 13.7. The molecule has 2 aromatic carbocycles. The first-order valence-corrected chi connectivity index (χ1v) is 9.61. The maximum Gasteiger partial charge on any atom is 0.223 e. The Labute approximate surface area is 164 Å². The lowest BCUT2D eigenvalue weighted by Crippen LogP contribution is -2.19. The number of likely N-dealkylation sites (N-methyl/N-ethyl adjacent to an activating group) is 1. The average Bonchev–Trinajstić information content (AvgIpc) is 3.25. The van der Waals surface area contributed by atoms with Crippen LogP contribution >= 0.6 is 0 Å². The van der Waals surface area contributed by atoms with Crippen molar-refractivity contribution in [1.82, 2.24) is 14.5 Å². The Morgan fingerprint density at radius 1 is 1.11 bits per heavy atom. The standard InChI is InChI=1S/C22H25N3O3/c1-24-15-16(14-21(24)26)22-23-19-6-3-4-7-20(19)25(22)12-5-13-28-18-10-8-17(27-2)9-11-18/h3-4,6-11,16H,5,12-15H2,1-2H3. The number of likely N-dealkylation sites (tertiary alicyclic amines) is 1. The van der Waals surface area contributed by atoms with Crippen LogP contribution in [-0.4, -0.2) is 47.7 Å². The number of aromatic nitrogens is 2. The van der Waals surface area contributed by atoms with Crippen LogP contribution in [0.1, 0.15) is 24.6 Å². The van der Waals surface area contributed by atoms with Gasteiger partial charge in [0, 0.05) is 32.5 Å². The zero-order chi connectivity index (χ0) is 19.5. The molecule has 1 saturated heterocycles. The van der Waals surface area contributed by atoms with Crippen LogP contribution in [0.3, 0.4) is 0 Å². The predicted molar refractivity (Wildman–Crippen MR) is 108 cm³/mol. The van der Waals surface area contributed by atoms with Crippen molar-refractivity contribution in [3.63, 3.8) is 0 Å². The lowest BCUT2D eigenvalue weighted by molar-refractivity contribution is -0.126. The van der Waals surface area contributed by atoms with Gasteiger partial charge in [0.1, 0.15) is 17.3 Å². The minimum absolute atomic E-state index is 0.146. The second kappa shape index (κ2) is 7.92. The summed E-state index contributed by atoms with van der Waals surface area (Å²) in [5.74, 6) is 2.99. The smallest absolute Gasteiger partial charge is 0.223 e. The summed E-state index contributed by atoms with van der Waals surface area (Å²) in [6, 6.07) is 15.8. The molecular weight excluding hydrogens is 354 g/mol. The van der Waals surface area contributed by atoms with Gasteiger partial charge in [-0.2, -0.15) is 0 Å². The number of carbonyl (C=O) groups excluding carboxylic acids is 1. The molecule has 146 valence electrons. The van der Waals surface area contributed by atoms with E-state index in [1.807, 2.05) is 49.5 Å². The number of imidazole rings is 1. The van der Waals surface area contributed by atoms with E-state index in [4.69, 9.17) is 14.5 Å².